The zero-order chi connectivity index (χ0) is 19.2. The molecule has 0 aliphatic heterocycles. The summed E-state index contributed by atoms with van der Waals surface area (Å²) < 4.78 is 115. The lowest BCUT2D eigenvalue weighted by Crippen LogP contribution is -2.62. The smallest absolute Gasteiger partial charge is 0.385 e. The zero-order valence-corrected chi connectivity index (χ0v) is 12.5. The SMILES string of the molecule is CC(O)(CC(F)(F)C(F)(F)C(F)(F)C(F)(F)F)c1ccccc1Cl. The Labute approximate surface area is 135 Å². The van der Waals surface area contributed by atoms with Gasteiger partial charge in [0.15, 0.2) is 0 Å². The van der Waals surface area contributed by atoms with E-state index < -0.39 is 41.5 Å². The van der Waals surface area contributed by atoms with E-state index in [0.29, 0.717) is 6.92 Å². The molecule has 0 saturated heterocycles. The predicted molar refractivity (Wildman–Crippen MR) is 66.5 cm³/mol. The highest BCUT2D eigenvalue weighted by Crippen LogP contribution is 2.55. The molecule has 0 saturated carbocycles. The van der Waals surface area contributed by atoms with Crippen LogP contribution in [-0.4, -0.2) is 29.1 Å². The number of benzene rings is 1. The van der Waals surface area contributed by atoms with Crippen LogP contribution in [0.15, 0.2) is 24.3 Å². The minimum absolute atomic E-state index is 0.357. The molecule has 1 aromatic rings. The molecule has 1 atom stereocenters. The van der Waals surface area contributed by atoms with Gasteiger partial charge in [0.25, 0.3) is 0 Å². The quantitative estimate of drug-likeness (QED) is 0.669. The molecule has 0 radical (unpaired) electrons. The summed E-state index contributed by atoms with van der Waals surface area (Å²) in [7, 11) is 0. The first-order chi connectivity index (χ1) is 10.5. The minimum Gasteiger partial charge on any atom is -0.385 e. The molecular formula is C13H10ClF9O. The van der Waals surface area contributed by atoms with E-state index in [9.17, 15) is 44.6 Å². The molecule has 1 unspecified atom stereocenters. The van der Waals surface area contributed by atoms with Gasteiger partial charge in [-0.25, -0.2) is 0 Å². The van der Waals surface area contributed by atoms with Gasteiger partial charge in [-0.3, -0.25) is 0 Å². The Kier molecular flexibility index (Phi) is 5.20. The fourth-order valence-electron chi connectivity index (χ4n) is 1.94. The maximum absolute atomic E-state index is 13.6. The van der Waals surface area contributed by atoms with Crippen LogP contribution in [0.3, 0.4) is 0 Å². The molecule has 0 bridgehead atoms. The Balaban J connectivity index is 3.27. The molecule has 1 N–H and O–H groups in total. The van der Waals surface area contributed by atoms with Gasteiger partial charge in [0.1, 0.15) is 0 Å². The summed E-state index contributed by atoms with van der Waals surface area (Å²) in [5, 5.41) is 9.55. The van der Waals surface area contributed by atoms with Crippen LogP contribution in [-0.2, 0) is 5.60 Å². The van der Waals surface area contributed by atoms with Crippen LogP contribution in [0.4, 0.5) is 39.5 Å². The van der Waals surface area contributed by atoms with Crippen LogP contribution in [0.1, 0.15) is 18.9 Å². The number of hydrogen-bond donors (Lipinski definition) is 1. The van der Waals surface area contributed by atoms with Gasteiger partial charge in [0.2, 0.25) is 0 Å². The minimum atomic E-state index is -7.00. The van der Waals surface area contributed by atoms with Crippen molar-refractivity contribution in [3.8, 4) is 0 Å². The van der Waals surface area contributed by atoms with E-state index in [1.165, 1.54) is 12.1 Å². The van der Waals surface area contributed by atoms with Gasteiger partial charge in [-0.2, -0.15) is 39.5 Å². The van der Waals surface area contributed by atoms with Crippen LogP contribution in [0, 0.1) is 0 Å². The lowest BCUT2D eigenvalue weighted by molar-refractivity contribution is -0.400. The largest absolute Gasteiger partial charge is 0.460 e. The van der Waals surface area contributed by atoms with Crippen molar-refractivity contribution in [2.24, 2.45) is 0 Å². The molecule has 11 heteroatoms. The summed E-state index contributed by atoms with van der Waals surface area (Å²) >= 11 is 5.59. The monoisotopic (exact) mass is 388 g/mol. The number of alkyl halides is 9. The molecule has 1 aromatic carbocycles. The van der Waals surface area contributed by atoms with E-state index in [0.717, 1.165) is 12.1 Å². The zero-order valence-electron chi connectivity index (χ0n) is 11.7. The summed E-state index contributed by atoms with van der Waals surface area (Å²) in [4.78, 5) is 0. The van der Waals surface area contributed by atoms with E-state index in [1.807, 2.05) is 0 Å². The van der Waals surface area contributed by atoms with Crippen molar-refractivity contribution >= 4 is 11.6 Å². The second kappa shape index (κ2) is 5.98. The van der Waals surface area contributed by atoms with E-state index in [-0.39, 0.29) is 5.02 Å². The Bertz CT molecular complexity index is 595. The highest BCUT2D eigenvalue weighted by Gasteiger charge is 2.81. The van der Waals surface area contributed by atoms with Gasteiger partial charge < -0.3 is 5.11 Å². The van der Waals surface area contributed by atoms with Crippen molar-refractivity contribution in [1.29, 1.82) is 0 Å². The summed E-state index contributed by atoms with van der Waals surface area (Å²) in [6.07, 6.45) is -9.32. The second-order valence-corrected chi connectivity index (χ2v) is 5.69. The lowest BCUT2D eigenvalue weighted by atomic mass is 9.86. The molecule has 0 amide bonds. The molecule has 0 spiro atoms. The van der Waals surface area contributed by atoms with Crippen LogP contribution >= 0.6 is 11.6 Å². The first-order valence-electron chi connectivity index (χ1n) is 6.15. The molecule has 0 aromatic heterocycles. The normalized spacial score (nSPS) is 16.8. The Morgan fingerprint density at radius 3 is 1.75 bits per heavy atom. The maximum atomic E-state index is 13.6. The average molecular weight is 389 g/mol. The van der Waals surface area contributed by atoms with E-state index in [1.54, 1.807) is 0 Å². The van der Waals surface area contributed by atoms with Gasteiger partial charge in [-0.15, -0.1) is 0 Å². The van der Waals surface area contributed by atoms with Crippen molar-refractivity contribution < 1.29 is 44.6 Å². The summed E-state index contributed by atoms with van der Waals surface area (Å²) in [5.74, 6) is -19.7. The van der Waals surface area contributed by atoms with Gasteiger partial charge in [-0.1, -0.05) is 29.8 Å². The van der Waals surface area contributed by atoms with Gasteiger partial charge in [0, 0.05) is 10.6 Å². The van der Waals surface area contributed by atoms with E-state index in [4.69, 9.17) is 11.6 Å². The lowest BCUT2D eigenvalue weighted by Gasteiger charge is -2.37. The van der Waals surface area contributed by atoms with Gasteiger partial charge >= 0.3 is 23.9 Å². The maximum Gasteiger partial charge on any atom is 0.460 e. The first kappa shape index (κ1) is 20.9. The fraction of sp³-hybridized carbons (Fsp3) is 0.538. The third kappa shape index (κ3) is 3.44. The fourth-order valence-corrected chi connectivity index (χ4v) is 2.28. The van der Waals surface area contributed by atoms with Crippen molar-refractivity contribution in [3.05, 3.63) is 34.9 Å². The highest BCUT2D eigenvalue weighted by molar-refractivity contribution is 6.31. The standard InChI is InChI=1S/C13H10ClF9O/c1-9(24,7-4-2-3-5-8(7)14)6-10(15,16)11(17,18)12(19,20)13(21,22)23/h2-5,24H,6H2,1H3. The molecule has 1 rings (SSSR count). The van der Waals surface area contributed by atoms with Crippen molar-refractivity contribution in [2.75, 3.05) is 0 Å². The highest BCUT2D eigenvalue weighted by atomic mass is 35.5. The average Bonchev–Trinajstić information content (AvgIpc) is 2.35. The molecule has 0 heterocycles. The van der Waals surface area contributed by atoms with Crippen LogP contribution in [0.5, 0.6) is 0 Å². The third-order valence-corrected chi connectivity index (χ3v) is 3.56. The molecule has 0 fully saturated rings. The number of hydrogen-bond acceptors (Lipinski definition) is 1. The Morgan fingerprint density at radius 2 is 1.33 bits per heavy atom. The van der Waals surface area contributed by atoms with Crippen molar-refractivity contribution in [2.45, 2.75) is 42.9 Å². The number of halogens is 10. The molecule has 0 aliphatic carbocycles. The Hall–Kier alpha value is -1.16. The molecule has 1 nitrogen and oxygen atoms in total. The van der Waals surface area contributed by atoms with Gasteiger partial charge in [-0.05, 0) is 13.0 Å². The van der Waals surface area contributed by atoms with Crippen molar-refractivity contribution in [3.63, 3.8) is 0 Å². The first-order valence-corrected chi connectivity index (χ1v) is 6.53. The molecule has 0 aliphatic rings. The summed E-state index contributed by atoms with van der Waals surface area (Å²) in [6, 6.07) is 4.51. The van der Waals surface area contributed by atoms with Crippen LogP contribution in [0.2, 0.25) is 5.02 Å². The number of aliphatic hydroxyl groups is 1. The Morgan fingerprint density at radius 1 is 0.875 bits per heavy atom. The van der Waals surface area contributed by atoms with E-state index >= 15 is 0 Å². The molecule has 138 valence electrons. The number of rotatable bonds is 5. The topological polar surface area (TPSA) is 20.2 Å². The van der Waals surface area contributed by atoms with Crippen molar-refractivity contribution in [1.82, 2.24) is 0 Å². The second-order valence-electron chi connectivity index (χ2n) is 5.28. The van der Waals surface area contributed by atoms with E-state index in [2.05, 4.69) is 0 Å². The predicted octanol–water partition coefficient (Wildman–Crippen LogP) is 5.41. The summed E-state index contributed by atoms with van der Waals surface area (Å²) in [5.41, 5.74) is -3.43. The van der Waals surface area contributed by atoms with Crippen LogP contribution < -0.4 is 0 Å². The molecule has 24 heavy (non-hydrogen) atoms. The summed E-state index contributed by atoms with van der Waals surface area (Å²) in [6.45, 7) is 0.546. The molecular weight excluding hydrogens is 379 g/mol. The van der Waals surface area contributed by atoms with Crippen LogP contribution in [0.25, 0.3) is 0 Å². The third-order valence-electron chi connectivity index (χ3n) is 3.23. The van der Waals surface area contributed by atoms with Gasteiger partial charge in [0.05, 0.1) is 12.0 Å².